The fraction of sp³-hybridized carbons (Fsp3) is 0.297. The van der Waals surface area contributed by atoms with Gasteiger partial charge in [0.05, 0.1) is 12.6 Å². The van der Waals surface area contributed by atoms with Gasteiger partial charge in [0.25, 0.3) is 5.70 Å². The minimum absolute atomic E-state index is 0.00562. The number of nitriles is 1. The zero-order valence-electron chi connectivity index (χ0n) is 24.6. The molecule has 3 aromatic carbocycles. The number of rotatable bonds is 7. The highest BCUT2D eigenvalue weighted by atomic mass is 15.2. The lowest BCUT2D eigenvalue weighted by molar-refractivity contribution is 0.227. The molecule has 41 heavy (non-hydrogen) atoms. The average Bonchev–Trinajstić information content (AvgIpc) is 2.99. The zero-order valence-corrected chi connectivity index (χ0v) is 24.6. The van der Waals surface area contributed by atoms with Crippen LogP contribution >= 0.6 is 0 Å². The molecule has 0 aromatic heterocycles. The van der Waals surface area contributed by atoms with Gasteiger partial charge in [-0.2, -0.15) is 0 Å². The summed E-state index contributed by atoms with van der Waals surface area (Å²) in [5, 5.41) is 9.59. The third kappa shape index (κ3) is 5.57. The van der Waals surface area contributed by atoms with Crippen molar-refractivity contribution in [3.8, 4) is 6.07 Å². The highest BCUT2D eigenvalue weighted by molar-refractivity contribution is 5.85. The summed E-state index contributed by atoms with van der Waals surface area (Å²) in [6.45, 7) is 18.3. The van der Waals surface area contributed by atoms with Crippen molar-refractivity contribution in [1.82, 2.24) is 0 Å². The maximum absolute atomic E-state index is 9.59. The molecule has 206 valence electrons. The lowest BCUT2D eigenvalue weighted by Gasteiger charge is -2.42. The minimum atomic E-state index is 0.00562. The molecule has 2 aliphatic carbocycles. The number of fused-ring (bicyclic) bond motifs is 1. The number of anilines is 4. The second kappa shape index (κ2) is 11.9. The highest BCUT2D eigenvalue weighted by Crippen LogP contribution is 2.51. The van der Waals surface area contributed by atoms with Gasteiger partial charge in [-0.25, -0.2) is 10.1 Å². The lowest BCUT2D eigenvalue weighted by atomic mass is 9.62. The van der Waals surface area contributed by atoms with E-state index in [4.69, 9.17) is 6.57 Å². The van der Waals surface area contributed by atoms with E-state index in [-0.39, 0.29) is 11.1 Å². The van der Waals surface area contributed by atoms with E-state index in [2.05, 4.69) is 139 Å². The largest absolute Gasteiger partial charge is 0.372 e. The van der Waals surface area contributed by atoms with Gasteiger partial charge in [-0.3, -0.25) is 0 Å². The van der Waals surface area contributed by atoms with Crippen molar-refractivity contribution in [2.45, 2.75) is 47.0 Å². The molecule has 0 N–H and O–H groups in total. The van der Waals surface area contributed by atoms with Gasteiger partial charge in [0, 0.05) is 41.4 Å². The molecule has 2 aliphatic rings. The monoisotopic (exact) mass is 538 g/mol. The zero-order chi connectivity index (χ0) is 29.0. The fourth-order valence-corrected chi connectivity index (χ4v) is 6.58. The van der Waals surface area contributed by atoms with Crippen molar-refractivity contribution in [3.63, 3.8) is 0 Å². The van der Waals surface area contributed by atoms with E-state index in [9.17, 15) is 5.26 Å². The van der Waals surface area contributed by atoms with Crippen LogP contribution in [0.3, 0.4) is 0 Å². The van der Waals surface area contributed by atoms with Gasteiger partial charge in [0.1, 0.15) is 0 Å². The van der Waals surface area contributed by atoms with Crippen molar-refractivity contribution in [1.29, 1.82) is 5.26 Å². The standard InChI is InChI=1S/C37H38N4/c1-6-40(7-2)36-24-32(41(30-14-10-8-11-15-30)31-16-12-9-13-17-31)19-20-33(36)27-18-21-34-28(22-27)23-29(25-37(34,3)4)35(26-38)39-5/h8-17,19-20,22-24,34H,6-7,18,21,25H2,1-4H3/b35-29+. The lowest BCUT2D eigenvalue weighted by Crippen LogP contribution is -2.31. The summed E-state index contributed by atoms with van der Waals surface area (Å²) >= 11 is 0. The van der Waals surface area contributed by atoms with Crippen molar-refractivity contribution in [2.75, 3.05) is 22.9 Å². The first-order valence-electron chi connectivity index (χ1n) is 14.6. The van der Waals surface area contributed by atoms with E-state index in [1.165, 1.54) is 22.4 Å². The maximum atomic E-state index is 9.59. The molecule has 0 aliphatic heterocycles. The van der Waals surface area contributed by atoms with Crippen LogP contribution in [0.25, 0.3) is 10.4 Å². The van der Waals surface area contributed by atoms with E-state index in [0.717, 1.165) is 55.0 Å². The van der Waals surface area contributed by atoms with Crippen molar-refractivity contribution in [3.05, 3.63) is 125 Å². The molecule has 0 radical (unpaired) electrons. The molecule has 0 heterocycles. The van der Waals surface area contributed by atoms with E-state index >= 15 is 0 Å². The van der Waals surface area contributed by atoms with E-state index in [1.807, 2.05) is 0 Å². The number of allylic oxidation sites excluding steroid dienone is 6. The van der Waals surface area contributed by atoms with Gasteiger partial charge in [-0.1, -0.05) is 68.5 Å². The molecule has 1 atom stereocenters. The van der Waals surface area contributed by atoms with Gasteiger partial charge in [0.15, 0.2) is 0 Å². The van der Waals surface area contributed by atoms with Crippen molar-refractivity contribution >= 4 is 28.3 Å². The Balaban J connectivity index is 1.65. The highest BCUT2D eigenvalue weighted by Gasteiger charge is 2.38. The summed E-state index contributed by atoms with van der Waals surface area (Å²) in [5.41, 5.74) is 9.54. The molecule has 0 spiro atoms. The van der Waals surface area contributed by atoms with Crippen LogP contribution in [0.2, 0.25) is 0 Å². The summed E-state index contributed by atoms with van der Waals surface area (Å²) in [5.74, 6) is 0.420. The predicted molar refractivity (Wildman–Crippen MR) is 171 cm³/mol. The molecule has 3 aromatic rings. The van der Waals surface area contributed by atoms with Crippen LogP contribution in [0.5, 0.6) is 0 Å². The van der Waals surface area contributed by atoms with Gasteiger partial charge in [0.2, 0.25) is 0 Å². The average molecular weight is 539 g/mol. The Morgan fingerprint density at radius 3 is 2.12 bits per heavy atom. The quantitative estimate of drug-likeness (QED) is 0.222. The number of nitrogens with zero attached hydrogens (tertiary/aromatic N) is 4. The molecule has 0 amide bonds. The topological polar surface area (TPSA) is 34.6 Å². The Kier molecular flexibility index (Phi) is 8.14. The molecule has 4 heteroatoms. The van der Waals surface area contributed by atoms with Crippen LogP contribution in [0.1, 0.15) is 52.5 Å². The minimum Gasteiger partial charge on any atom is -0.372 e. The Labute approximate surface area is 245 Å². The third-order valence-corrected chi connectivity index (χ3v) is 8.62. The fourth-order valence-electron chi connectivity index (χ4n) is 6.58. The summed E-state index contributed by atoms with van der Waals surface area (Å²) in [6.07, 6.45) is 7.32. The normalized spacial score (nSPS) is 18.6. The summed E-state index contributed by atoms with van der Waals surface area (Å²) < 4.78 is 0. The van der Waals surface area contributed by atoms with Crippen LogP contribution in [0.4, 0.5) is 22.7 Å². The second-order valence-corrected chi connectivity index (χ2v) is 11.5. The van der Waals surface area contributed by atoms with Crippen LogP contribution in [-0.4, -0.2) is 13.1 Å². The molecule has 5 rings (SSSR count). The van der Waals surface area contributed by atoms with Gasteiger partial charge in [-0.15, -0.1) is 0 Å². The summed E-state index contributed by atoms with van der Waals surface area (Å²) in [7, 11) is 0. The first-order valence-corrected chi connectivity index (χ1v) is 14.6. The Morgan fingerprint density at radius 2 is 1.56 bits per heavy atom. The van der Waals surface area contributed by atoms with Crippen molar-refractivity contribution < 1.29 is 0 Å². The van der Waals surface area contributed by atoms with E-state index in [0.29, 0.717) is 5.92 Å². The maximum Gasteiger partial charge on any atom is 0.265 e. The first kappa shape index (κ1) is 28.0. The molecular weight excluding hydrogens is 500 g/mol. The molecule has 0 saturated heterocycles. The van der Waals surface area contributed by atoms with Gasteiger partial charge < -0.3 is 9.80 Å². The SMILES string of the molecule is [C-]#[N+]/C(C#N)=C1\C=C2C=C(c3ccc(N(c4ccccc4)c4ccccc4)cc3N(CC)CC)CCC2C(C)(C)C1. The number of hydrogen-bond donors (Lipinski definition) is 0. The number of para-hydroxylation sites is 2. The number of benzene rings is 3. The van der Waals surface area contributed by atoms with E-state index in [1.54, 1.807) is 0 Å². The second-order valence-electron chi connectivity index (χ2n) is 11.5. The van der Waals surface area contributed by atoms with E-state index < -0.39 is 0 Å². The Morgan fingerprint density at radius 1 is 0.927 bits per heavy atom. The molecule has 4 nitrogen and oxygen atoms in total. The summed E-state index contributed by atoms with van der Waals surface area (Å²) in [6, 6.07) is 30.1. The molecule has 0 bridgehead atoms. The van der Waals surface area contributed by atoms with Gasteiger partial charge >= 0.3 is 0 Å². The molecular formula is C37H38N4. The Hall–Kier alpha value is -4.54. The predicted octanol–water partition coefficient (Wildman–Crippen LogP) is 9.85. The van der Waals surface area contributed by atoms with Crippen LogP contribution in [0.15, 0.2) is 108 Å². The first-order chi connectivity index (χ1) is 19.9. The summed E-state index contributed by atoms with van der Waals surface area (Å²) in [4.78, 5) is 8.30. The smallest absolute Gasteiger partial charge is 0.265 e. The molecule has 1 unspecified atom stereocenters. The molecule has 0 saturated carbocycles. The van der Waals surface area contributed by atoms with Gasteiger partial charge in [-0.05, 0) is 97.6 Å². The third-order valence-electron chi connectivity index (χ3n) is 8.62. The number of hydrogen-bond acceptors (Lipinski definition) is 3. The van der Waals surface area contributed by atoms with Crippen molar-refractivity contribution in [2.24, 2.45) is 11.3 Å². The molecule has 0 fully saturated rings. The Bertz CT molecular complexity index is 1520. The van der Waals surface area contributed by atoms with Crippen LogP contribution in [-0.2, 0) is 0 Å². The van der Waals surface area contributed by atoms with Crippen LogP contribution < -0.4 is 9.80 Å². The van der Waals surface area contributed by atoms with Crippen LogP contribution in [0, 0.1) is 29.2 Å².